The minimum absolute atomic E-state index is 0.0370. The molecule has 0 heterocycles. The van der Waals surface area contributed by atoms with Crippen molar-refractivity contribution in [2.75, 3.05) is 12.3 Å². The van der Waals surface area contributed by atoms with Crippen LogP contribution in [0.15, 0.2) is 0 Å². The van der Waals surface area contributed by atoms with Crippen molar-refractivity contribution in [1.82, 2.24) is 5.32 Å². The van der Waals surface area contributed by atoms with Gasteiger partial charge in [0, 0.05) is 39.5 Å². The van der Waals surface area contributed by atoms with Gasteiger partial charge in [-0.05, 0) is 44.9 Å². The normalized spacial score (nSPS) is 12.0. The van der Waals surface area contributed by atoms with Crippen LogP contribution in [0.5, 0.6) is 0 Å². The minimum atomic E-state index is -1.09. The topological polar surface area (TPSA) is 321 Å². The summed E-state index contributed by atoms with van der Waals surface area (Å²) in [5.74, 6) is -6.69. The molecule has 46 heavy (non-hydrogen) atoms. The maximum atomic E-state index is 11.0. The summed E-state index contributed by atoms with van der Waals surface area (Å²) in [4.78, 5) is 106. The lowest BCUT2D eigenvalue weighted by Crippen LogP contribution is -2.31. The zero-order valence-corrected chi connectivity index (χ0v) is 27.1. The van der Waals surface area contributed by atoms with E-state index in [4.69, 9.17) is 32.5 Å². The number of unbranched alkanes of at least 4 members (excludes halogenated alkanes) is 3. The Balaban J connectivity index is -0.000000603. The highest BCUT2D eigenvalue weighted by atomic mass is 32.2. The van der Waals surface area contributed by atoms with Gasteiger partial charge in [0.1, 0.15) is 18.1 Å². The monoisotopic (exact) mass is 678 g/mol. The molecule has 3 atom stereocenters. The van der Waals surface area contributed by atoms with E-state index in [0.717, 1.165) is 18.7 Å². The highest BCUT2D eigenvalue weighted by Crippen LogP contribution is 2.09. The largest absolute Gasteiger partial charge is 0.480 e. The number of amides is 1. The van der Waals surface area contributed by atoms with Crippen molar-refractivity contribution in [3.8, 4) is 0 Å². The highest BCUT2D eigenvalue weighted by molar-refractivity contribution is 8.15. The van der Waals surface area contributed by atoms with Gasteiger partial charge < -0.3 is 37.8 Å². The van der Waals surface area contributed by atoms with Crippen molar-refractivity contribution in [3.05, 3.63) is 0 Å². The number of rotatable bonds is 22. The summed E-state index contributed by atoms with van der Waals surface area (Å²) in [6.45, 7) is 3.83. The second kappa shape index (κ2) is 27.4. The molecular formula is C28H46N4O13S. The summed E-state index contributed by atoms with van der Waals surface area (Å²) >= 11 is 0.968. The fourth-order valence-electron chi connectivity index (χ4n) is 2.88. The highest BCUT2D eigenvalue weighted by Gasteiger charge is 2.18. The zero-order valence-electron chi connectivity index (χ0n) is 26.3. The zero-order chi connectivity index (χ0) is 36.4. The van der Waals surface area contributed by atoms with E-state index >= 15 is 0 Å². The maximum Gasteiger partial charge on any atom is 0.320 e. The standard InChI is InChI=1S/C10H15NO5.C9H16N2O4.C9H15NO4S/c1-6(12)9(14)8(13)5-3-2-4-7(11)10(15)16;1-6(12)8(13)11-5-3-2-4-7(10)9(14)15;1-6(11)9(14)15-5-3-2-4-7(10)8(12)13/h7H,2-5,11H2,1H3,(H,15,16);7H,2-5,10H2,1H3,(H,11,13)(H,14,15);7H,2-5,10H2,1H3,(H,12,13). The van der Waals surface area contributed by atoms with Gasteiger partial charge in [-0.3, -0.25) is 47.9 Å². The molecule has 262 valence electrons. The molecule has 1 amide bonds. The lowest BCUT2D eigenvalue weighted by molar-refractivity contribution is -0.143. The van der Waals surface area contributed by atoms with Gasteiger partial charge in [-0.1, -0.05) is 24.6 Å². The van der Waals surface area contributed by atoms with Gasteiger partial charge in [-0.2, -0.15) is 0 Å². The lowest BCUT2D eigenvalue weighted by atomic mass is 10.0. The average molecular weight is 679 g/mol. The van der Waals surface area contributed by atoms with E-state index in [-0.39, 0.29) is 12.8 Å². The summed E-state index contributed by atoms with van der Waals surface area (Å²) in [7, 11) is 0. The Kier molecular flexibility index (Phi) is 27.8. The number of carbonyl (C=O) groups excluding carboxylic acids is 7. The number of thioether (sulfide) groups is 1. The molecule has 0 spiro atoms. The van der Waals surface area contributed by atoms with Crippen molar-refractivity contribution in [2.45, 2.75) is 103 Å². The second-order valence-corrected chi connectivity index (χ2v) is 11.0. The summed E-state index contributed by atoms with van der Waals surface area (Å²) < 4.78 is 0. The van der Waals surface area contributed by atoms with Crippen LogP contribution in [-0.2, 0) is 47.9 Å². The number of aliphatic carboxylic acids is 3. The summed E-state index contributed by atoms with van der Waals surface area (Å²) in [5, 5.41) is 27.4. The molecule has 0 radical (unpaired) electrons. The van der Waals surface area contributed by atoms with E-state index in [1.165, 1.54) is 13.8 Å². The van der Waals surface area contributed by atoms with Crippen molar-refractivity contribution < 1.29 is 63.3 Å². The number of nitrogens with one attached hydrogen (secondary N) is 1. The molecule has 0 aromatic carbocycles. The number of hydrogen-bond donors (Lipinski definition) is 7. The van der Waals surface area contributed by atoms with Gasteiger partial charge in [0.05, 0.1) is 0 Å². The molecule has 0 saturated heterocycles. The van der Waals surface area contributed by atoms with Crippen LogP contribution in [-0.4, -0.2) is 104 Å². The first-order valence-electron chi connectivity index (χ1n) is 14.3. The van der Waals surface area contributed by atoms with E-state index in [0.29, 0.717) is 63.7 Å². The molecule has 17 nitrogen and oxygen atoms in total. The quantitative estimate of drug-likeness (QED) is 0.0426. The van der Waals surface area contributed by atoms with Crippen LogP contribution in [0, 0.1) is 0 Å². The lowest BCUT2D eigenvalue weighted by Gasteiger charge is -2.06. The number of Topliss-reactive ketones (excluding diaryl/α,β-unsaturated/α-hetero) is 5. The first-order valence-corrected chi connectivity index (χ1v) is 15.2. The van der Waals surface area contributed by atoms with Crippen LogP contribution < -0.4 is 22.5 Å². The first kappa shape index (κ1) is 46.5. The average Bonchev–Trinajstić information content (AvgIpc) is 2.97. The first-order chi connectivity index (χ1) is 21.3. The number of ketones is 5. The molecule has 0 fully saturated rings. The molecule has 18 heteroatoms. The van der Waals surface area contributed by atoms with Gasteiger partial charge >= 0.3 is 17.9 Å². The third-order valence-corrected chi connectivity index (χ3v) is 6.71. The number of carbonyl (C=O) groups is 10. The second-order valence-electron chi connectivity index (χ2n) is 9.88. The molecule has 0 aliphatic rings. The van der Waals surface area contributed by atoms with E-state index in [9.17, 15) is 47.9 Å². The summed E-state index contributed by atoms with van der Waals surface area (Å²) in [6, 6.07) is -2.63. The van der Waals surface area contributed by atoms with Gasteiger partial charge in [0.2, 0.25) is 23.1 Å². The van der Waals surface area contributed by atoms with Gasteiger partial charge in [-0.25, -0.2) is 0 Å². The number of nitrogens with two attached hydrogens (primary N) is 3. The Morgan fingerprint density at radius 2 is 1.00 bits per heavy atom. The molecule has 0 rings (SSSR count). The Morgan fingerprint density at radius 1 is 0.587 bits per heavy atom. The van der Waals surface area contributed by atoms with E-state index < -0.39 is 76.0 Å². The third-order valence-electron chi connectivity index (χ3n) is 5.67. The van der Waals surface area contributed by atoms with Crippen LogP contribution in [0.3, 0.4) is 0 Å². The summed E-state index contributed by atoms with van der Waals surface area (Å²) in [5.41, 5.74) is 15.8. The predicted octanol–water partition coefficient (Wildman–Crippen LogP) is -0.623. The Labute approximate surface area is 270 Å². The van der Waals surface area contributed by atoms with Crippen molar-refractivity contribution in [2.24, 2.45) is 17.2 Å². The number of carboxylic acid groups (broad SMARTS) is 3. The Morgan fingerprint density at radius 3 is 1.37 bits per heavy atom. The van der Waals surface area contributed by atoms with E-state index in [1.54, 1.807) is 0 Å². The molecule has 10 N–H and O–H groups in total. The van der Waals surface area contributed by atoms with Crippen LogP contribution in [0.25, 0.3) is 0 Å². The molecular weight excluding hydrogens is 632 g/mol. The smallest absolute Gasteiger partial charge is 0.320 e. The summed E-state index contributed by atoms with van der Waals surface area (Å²) in [6.07, 6.45) is 4.31. The maximum absolute atomic E-state index is 11.0. The minimum Gasteiger partial charge on any atom is -0.480 e. The van der Waals surface area contributed by atoms with Crippen LogP contribution in [0.4, 0.5) is 0 Å². The molecule has 0 bridgehead atoms. The fraction of sp³-hybridized carbons (Fsp3) is 0.643. The number of carboxylic acids is 3. The third kappa shape index (κ3) is 27.7. The molecule has 0 aromatic heterocycles. The van der Waals surface area contributed by atoms with Gasteiger partial charge in [-0.15, -0.1) is 0 Å². The van der Waals surface area contributed by atoms with Crippen LogP contribution in [0.2, 0.25) is 0 Å². The van der Waals surface area contributed by atoms with Crippen molar-refractivity contribution in [3.63, 3.8) is 0 Å². The molecule has 3 unspecified atom stereocenters. The van der Waals surface area contributed by atoms with Gasteiger partial charge in [0.15, 0.2) is 0 Å². The molecule has 0 aromatic rings. The SMILES string of the molecule is CC(=O)C(=O)C(=O)CCCCC(N)C(=O)O.CC(=O)C(=O)NCCCCC(N)C(=O)O.CC(=O)C(=O)SCCCCC(N)C(=O)O. The number of hydrogen-bond acceptors (Lipinski definition) is 14. The Hall–Kier alpha value is -3.87. The molecule has 0 aliphatic heterocycles. The van der Waals surface area contributed by atoms with Crippen LogP contribution >= 0.6 is 11.8 Å². The fourth-order valence-corrected chi connectivity index (χ4v) is 3.62. The van der Waals surface area contributed by atoms with E-state index in [2.05, 4.69) is 5.32 Å². The molecule has 0 aliphatic carbocycles. The van der Waals surface area contributed by atoms with Gasteiger partial charge in [0.25, 0.3) is 16.8 Å². The van der Waals surface area contributed by atoms with Crippen molar-refractivity contribution >= 4 is 69.6 Å². The Bertz CT molecular complexity index is 1030. The predicted molar refractivity (Wildman–Crippen MR) is 166 cm³/mol. The van der Waals surface area contributed by atoms with Crippen molar-refractivity contribution in [1.29, 1.82) is 0 Å². The van der Waals surface area contributed by atoms with Crippen LogP contribution in [0.1, 0.15) is 85.0 Å². The van der Waals surface area contributed by atoms with E-state index in [1.807, 2.05) is 0 Å². The molecule has 0 saturated carbocycles.